The lowest BCUT2D eigenvalue weighted by atomic mass is 10.0. The molecule has 440 valence electrons. The number of allylic oxidation sites excluding steroid dienone is 7. The molecule has 0 aromatic carbocycles. The summed E-state index contributed by atoms with van der Waals surface area (Å²) in [4.78, 5) is 24.5. The van der Waals surface area contributed by atoms with E-state index in [2.05, 4.69) is 55.6 Å². The molecule has 0 radical (unpaired) electrons. The molecule has 6 heteroatoms. The standard InChI is InChI=1S/C69H129NO5/c1-3-5-7-9-11-13-15-17-18-19-20-21-25-28-31-34-38-41-45-49-53-57-61-67(72)66(65-71)70-68(73)62-58-54-50-46-42-39-35-32-29-26-23-22-24-27-30-33-36-40-44-48-52-56-60-64-75-69(74)63-59-55-51-47-43-37-16-14-12-10-8-6-4-2/h14,16,22,24,26,29,57,61,66-67,71-72H,3-13,15,17-21,23,25,27-28,30-56,58-60,62-65H2,1-2H3,(H,70,73)/b16-14-,24-22-,29-26-,61-57+. The van der Waals surface area contributed by atoms with Crippen LogP contribution in [0.2, 0.25) is 0 Å². The first-order chi connectivity index (χ1) is 37.0. The molecular formula is C69H129NO5. The summed E-state index contributed by atoms with van der Waals surface area (Å²) in [5.41, 5.74) is 0. The Morgan fingerprint density at radius 1 is 0.373 bits per heavy atom. The maximum absolute atomic E-state index is 12.5. The first-order valence-electron chi connectivity index (χ1n) is 33.4. The molecule has 75 heavy (non-hydrogen) atoms. The topological polar surface area (TPSA) is 95.9 Å². The smallest absolute Gasteiger partial charge is 0.305 e. The van der Waals surface area contributed by atoms with Gasteiger partial charge in [0.25, 0.3) is 0 Å². The molecule has 0 aliphatic heterocycles. The molecule has 0 saturated carbocycles. The SMILES string of the molecule is CCCCCC/C=C\CCCCCCCC(=O)OCCCCCCCCCCC/C=C\C/C=C\CCCCCCCCCC(=O)NC(CO)C(O)/C=C/CCCCCCCCCCCCCCCCCCCCCC. The number of rotatable bonds is 62. The number of esters is 1. The molecule has 0 saturated heterocycles. The van der Waals surface area contributed by atoms with E-state index in [0.29, 0.717) is 19.4 Å². The predicted octanol–water partition coefficient (Wildman–Crippen LogP) is 21.3. The molecule has 0 aromatic rings. The van der Waals surface area contributed by atoms with E-state index in [1.54, 1.807) is 6.08 Å². The summed E-state index contributed by atoms with van der Waals surface area (Å²) in [5.74, 6) is -0.0787. The number of hydrogen-bond acceptors (Lipinski definition) is 5. The number of hydrogen-bond donors (Lipinski definition) is 3. The number of carbonyl (C=O) groups excluding carboxylic acids is 2. The van der Waals surface area contributed by atoms with Gasteiger partial charge in [0.05, 0.1) is 25.4 Å². The lowest BCUT2D eigenvalue weighted by Gasteiger charge is -2.20. The number of nitrogens with one attached hydrogen (secondary N) is 1. The Labute approximate surface area is 467 Å². The van der Waals surface area contributed by atoms with Crippen molar-refractivity contribution in [2.24, 2.45) is 0 Å². The third kappa shape index (κ3) is 60.9. The number of aliphatic hydroxyl groups excluding tert-OH is 2. The normalized spacial score (nSPS) is 12.9. The van der Waals surface area contributed by atoms with Gasteiger partial charge in [-0.25, -0.2) is 0 Å². The van der Waals surface area contributed by atoms with Crippen molar-refractivity contribution < 1.29 is 24.5 Å². The van der Waals surface area contributed by atoms with E-state index in [9.17, 15) is 19.8 Å². The van der Waals surface area contributed by atoms with E-state index in [1.807, 2.05) is 6.08 Å². The molecule has 0 fully saturated rings. The van der Waals surface area contributed by atoms with Crippen LogP contribution in [-0.4, -0.2) is 47.4 Å². The van der Waals surface area contributed by atoms with Crippen molar-refractivity contribution in [3.05, 3.63) is 48.6 Å². The van der Waals surface area contributed by atoms with Crippen molar-refractivity contribution in [3.63, 3.8) is 0 Å². The summed E-state index contributed by atoms with van der Waals surface area (Å²) in [7, 11) is 0. The van der Waals surface area contributed by atoms with E-state index < -0.39 is 12.1 Å². The van der Waals surface area contributed by atoms with Gasteiger partial charge >= 0.3 is 5.97 Å². The molecular weight excluding hydrogens is 923 g/mol. The maximum Gasteiger partial charge on any atom is 0.305 e. The largest absolute Gasteiger partial charge is 0.466 e. The fourth-order valence-electron chi connectivity index (χ4n) is 10.2. The fourth-order valence-corrected chi connectivity index (χ4v) is 10.2. The highest BCUT2D eigenvalue weighted by atomic mass is 16.5. The molecule has 0 spiro atoms. The van der Waals surface area contributed by atoms with Crippen LogP contribution in [0.5, 0.6) is 0 Å². The van der Waals surface area contributed by atoms with E-state index >= 15 is 0 Å². The predicted molar refractivity (Wildman–Crippen MR) is 329 cm³/mol. The van der Waals surface area contributed by atoms with Crippen molar-refractivity contribution in [2.45, 2.75) is 366 Å². The number of unbranched alkanes of at least 4 members (excludes halogenated alkanes) is 45. The molecule has 0 rings (SSSR count). The summed E-state index contributed by atoms with van der Waals surface area (Å²) in [5, 5.41) is 23.2. The minimum absolute atomic E-state index is 0.00275. The van der Waals surface area contributed by atoms with Gasteiger partial charge < -0.3 is 20.3 Å². The van der Waals surface area contributed by atoms with Crippen molar-refractivity contribution in [3.8, 4) is 0 Å². The van der Waals surface area contributed by atoms with Gasteiger partial charge in [-0.15, -0.1) is 0 Å². The summed E-state index contributed by atoms with van der Waals surface area (Å²) in [6.45, 7) is 4.90. The van der Waals surface area contributed by atoms with Crippen LogP contribution in [0, 0.1) is 0 Å². The Bertz CT molecular complexity index is 1260. The van der Waals surface area contributed by atoms with Gasteiger partial charge in [-0.2, -0.15) is 0 Å². The highest BCUT2D eigenvalue weighted by Crippen LogP contribution is 2.17. The minimum Gasteiger partial charge on any atom is -0.466 e. The van der Waals surface area contributed by atoms with Crippen LogP contribution < -0.4 is 5.32 Å². The fraction of sp³-hybridized carbons (Fsp3) is 0.855. The number of carbonyl (C=O) groups is 2. The average Bonchev–Trinajstić information content (AvgIpc) is 3.41. The molecule has 0 aliphatic carbocycles. The van der Waals surface area contributed by atoms with Crippen molar-refractivity contribution in [1.82, 2.24) is 5.32 Å². The zero-order valence-corrected chi connectivity index (χ0v) is 50.3. The van der Waals surface area contributed by atoms with Gasteiger partial charge in [-0.05, 0) is 89.9 Å². The van der Waals surface area contributed by atoms with Crippen molar-refractivity contribution >= 4 is 11.9 Å². The van der Waals surface area contributed by atoms with Crippen LogP contribution in [-0.2, 0) is 14.3 Å². The molecule has 6 nitrogen and oxygen atoms in total. The van der Waals surface area contributed by atoms with Crippen LogP contribution in [0.25, 0.3) is 0 Å². The van der Waals surface area contributed by atoms with Crippen molar-refractivity contribution in [2.75, 3.05) is 13.2 Å². The van der Waals surface area contributed by atoms with Crippen LogP contribution >= 0.6 is 0 Å². The minimum atomic E-state index is -0.853. The molecule has 3 N–H and O–H groups in total. The quantitative estimate of drug-likeness (QED) is 0.0320. The third-order valence-corrected chi connectivity index (χ3v) is 15.3. The van der Waals surface area contributed by atoms with E-state index in [1.165, 1.54) is 263 Å². The summed E-state index contributed by atoms with van der Waals surface area (Å²) in [6.07, 6.45) is 83.1. The molecule has 0 aromatic heterocycles. The molecule has 0 heterocycles. The number of aliphatic hydroxyl groups is 2. The van der Waals surface area contributed by atoms with E-state index in [0.717, 1.165) is 64.2 Å². The zero-order chi connectivity index (χ0) is 54.3. The third-order valence-electron chi connectivity index (χ3n) is 15.3. The second-order valence-corrected chi connectivity index (χ2v) is 22.8. The second kappa shape index (κ2) is 64.3. The first kappa shape index (κ1) is 72.8. The Morgan fingerprint density at radius 2 is 0.667 bits per heavy atom. The molecule has 2 unspecified atom stereocenters. The molecule has 0 bridgehead atoms. The monoisotopic (exact) mass is 1050 g/mol. The Balaban J connectivity index is 3.49. The Morgan fingerprint density at radius 3 is 1.04 bits per heavy atom. The van der Waals surface area contributed by atoms with Crippen molar-refractivity contribution in [1.29, 1.82) is 0 Å². The van der Waals surface area contributed by atoms with Gasteiger partial charge in [0.1, 0.15) is 0 Å². The second-order valence-electron chi connectivity index (χ2n) is 22.8. The van der Waals surface area contributed by atoms with Crippen LogP contribution in [0.4, 0.5) is 0 Å². The van der Waals surface area contributed by atoms with E-state index in [4.69, 9.17) is 4.74 Å². The van der Waals surface area contributed by atoms with Gasteiger partial charge in [-0.1, -0.05) is 300 Å². The highest BCUT2D eigenvalue weighted by Gasteiger charge is 2.18. The van der Waals surface area contributed by atoms with Gasteiger partial charge in [0.15, 0.2) is 0 Å². The van der Waals surface area contributed by atoms with Gasteiger partial charge in [0, 0.05) is 12.8 Å². The molecule has 1 amide bonds. The van der Waals surface area contributed by atoms with E-state index in [-0.39, 0.29) is 18.5 Å². The van der Waals surface area contributed by atoms with Crippen LogP contribution in [0.1, 0.15) is 354 Å². The molecule has 0 aliphatic rings. The lowest BCUT2D eigenvalue weighted by molar-refractivity contribution is -0.143. The summed E-state index contributed by atoms with van der Waals surface area (Å²) >= 11 is 0. The Kier molecular flexibility index (Phi) is 62.5. The first-order valence-corrected chi connectivity index (χ1v) is 33.4. The maximum atomic E-state index is 12.5. The highest BCUT2D eigenvalue weighted by molar-refractivity contribution is 5.76. The van der Waals surface area contributed by atoms with Gasteiger partial charge in [-0.3, -0.25) is 9.59 Å². The molecule has 2 atom stereocenters. The van der Waals surface area contributed by atoms with Crippen LogP contribution in [0.15, 0.2) is 48.6 Å². The summed E-state index contributed by atoms with van der Waals surface area (Å²) in [6, 6.07) is -0.638. The number of amides is 1. The zero-order valence-electron chi connectivity index (χ0n) is 50.3. The van der Waals surface area contributed by atoms with Crippen LogP contribution in [0.3, 0.4) is 0 Å². The lowest BCUT2D eigenvalue weighted by Crippen LogP contribution is -2.45. The van der Waals surface area contributed by atoms with Gasteiger partial charge in [0.2, 0.25) is 5.91 Å². The Hall–Kier alpha value is -2.18. The average molecular weight is 1050 g/mol. The number of ether oxygens (including phenoxy) is 1. The summed E-state index contributed by atoms with van der Waals surface area (Å²) < 4.78 is 5.47.